The molecule has 0 saturated carbocycles. The van der Waals surface area contributed by atoms with E-state index in [-0.39, 0.29) is 5.91 Å². The van der Waals surface area contributed by atoms with E-state index in [9.17, 15) is 4.79 Å². The van der Waals surface area contributed by atoms with Gasteiger partial charge in [-0.3, -0.25) is 14.6 Å². The smallest absolute Gasteiger partial charge is 0.234 e. The van der Waals surface area contributed by atoms with Crippen LogP contribution in [0.3, 0.4) is 0 Å². The van der Waals surface area contributed by atoms with Crippen molar-refractivity contribution in [2.24, 2.45) is 0 Å². The molecule has 1 amide bonds. The molecule has 23 heavy (non-hydrogen) atoms. The molecule has 2 fully saturated rings. The predicted octanol–water partition coefficient (Wildman–Crippen LogP) is 1.23. The van der Waals surface area contributed by atoms with Crippen LogP contribution in [0.25, 0.3) is 0 Å². The average molecular weight is 317 g/mol. The van der Waals surface area contributed by atoms with Gasteiger partial charge in [-0.15, -0.1) is 0 Å². The zero-order chi connectivity index (χ0) is 15.9. The van der Waals surface area contributed by atoms with Gasteiger partial charge in [0.15, 0.2) is 0 Å². The number of carbonyl (C=O) groups is 1. The maximum Gasteiger partial charge on any atom is 0.234 e. The summed E-state index contributed by atoms with van der Waals surface area (Å²) in [6.45, 7) is 7.93. The molecule has 2 aliphatic heterocycles. The molecule has 5 nitrogen and oxygen atoms in total. The van der Waals surface area contributed by atoms with Crippen molar-refractivity contribution >= 4 is 5.91 Å². The third-order valence-corrected chi connectivity index (χ3v) is 4.59. The molecule has 1 aromatic carbocycles. The first-order chi connectivity index (χ1) is 11.3. The number of nitrogens with one attached hydrogen (secondary N) is 1. The number of nitrogens with zero attached hydrogens (tertiary/aromatic N) is 2. The van der Waals surface area contributed by atoms with E-state index < -0.39 is 0 Å². The van der Waals surface area contributed by atoms with Crippen molar-refractivity contribution in [2.45, 2.75) is 25.9 Å². The topological polar surface area (TPSA) is 44.8 Å². The van der Waals surface area contributed by atoms with Crippen LogP contribution in [0.5, 0.6) is 0 Å². The molecule has 2 heterocycles. The number of hydrogen-bond acceptors (Lipinski definition) is 4. The van der Waals surface area contributed by atoms with E-state index in [1.54, 1.807) is 0 Å². The van der Waals surface area contributed by atoms with Crippen LogP contribution < -0.4 is 5.32 Å². The van der Waals surface area contributed by atoms with Gasteiger partial charge in [0.1, 0.15) is 0 Å². The molecule has 5 heteroatoms. The molecule has 0 aromatic heterocycles. The summed E-state index contributed by atoms with van der Waals surface area (Å²) >= 11 is 0. The normalized spacial score (nSPS) is 19.8. The van der Waals surface area contributed by atoms with Crippen molar-refractivity contribution in [2.75, 3.05) is 45.9 Å². The Balaban J connectivity index is 1.40. The second kappa shape index (κ2) is 8.43. The number of ether oxygens (including phenoxy) is 1. The Morgan fingerprint density at radius 1 is 0.957 bits per heavy atom. The first-order valence-electron chi connectivity index (χ1n) is 8.66. The number of carbonyl (C=O) groups excluding carboxylic acids is 1. The highest BCUT2D eigenvalue weighted by atomic mass is 16.5. The van der Waals surface area contributed by atoms with E-state index >= 15 is 0 Å². The molecule has 0 radical (unpaired) electrons. The van der Waals surface area contributed by atoms with Crippen LogP contribution in [-0.2, 0) is 22.6 Å². The monoisotopic (exact) mass is 317 g/mol. The van der Waals surface area contributed by atoms with Gasteiger partial charge in [0.25, 0.3) is 0 Å². The zero-order valence-corrected chi connectivity index (χ0v) is 13.8. The van der Waals surface area contributed by atoms with E-state index in [4.69, 9.17) is 4.74 Å². The summed E-state index contributed by atoms with van der Waals surface area (Å²) in [7, 11) is 0. The number of likely N-dealkylation sites (tertiary alicyclic amines) is 1. The van der Waals surface area contributed by atoms with Crippen LogP contribution >= 0.6 is 0 Å². The molecule has 0 bridgehead atoms. The van der Waals surface area contributed by atoms with Gasteiger partial charge in [-0.1, -0.05) is 24.3 Å². The Morgan fingerprint density at radius 3 is 2.30 bits per heavy atom. The standard InChI is InChI=1S/C18H27N3O2/c22-18(15-20-7-1-2-8-20)19-13-16-3-5-17(6-4-16)14-21-9-11-23-12-10-21/h3-6H,1-2,7-15H2,(H,19,22). The van der Waals surface area contributed by atoms with E-state index in [1.165, 1.54) is 18.4 Å². The quantitative estimate of drug-likeness (QED) is 0.857. The van der Waals surface area contributed by atoms with Gasteiger partial charge in [-0.05, 0) is 37.1 Å². The fourth-order valence-electron chi connectivity index (χ4n) is 3.18. The summed E-state index contributed by atoms with van der Waals surface area (Å²) < 4.78 is 5.37. The van der Waals surface area contributed by atoms with Gasteiger partial charge in [-0.25, -0.2) is 0 Å². The highest BCUT2D eigenvalue weighted by molar-refractivity contribution is 5.78. The van der Waals surface area contributed by atoms with Gasteiger partial charge >= 0.3 is 0 Å². The van der Waals surface area contributed by atoms with Crippen molar-refractivity contribution in [1.82, 2.24) is 15.1 Å². The predicted molar refractivity (Wildman–Crippen MR) is 90.1 cm³/mol. The lowest BCUT2D eigenvalue weighted by Gasteiger charge is -2.26. The molecule has 2 saturated heterocycles. The number of benzene rings is 1. The molecular formula is C18H27N3O2. The van der Waals surface area contributed by atoms with Crippen LogP contribution in [0.2, 0.25) is 0 Å². The Labute approximate surface area is 138 Å². The van der Waals surface area contributed by atoms with Gasteiger partial charge in [0.2, 0.25) is 5.91 Å². The highest BCUT2D eigenvalue weighted by Crippen LogP contribution is 2.10. The number of rotatable bonds is 6. The fourth-order valence-corrected chi connectivity index (χ4v) is 3.18. The molecule has 0 unspecified atom stereocenters. The SMILES string of the molecule is O=C(CN1CCCC1)NCc1ccc(CN2CCOCC2)cc1. The highest BCUT2D eigenvalue weighted by Gasteiger charge is 2.14. The van der Waals surface area contributed by atoms with Crippen LogP contribution in [0, 0.1) is 0 Å². The molecule has 3 rings (SSSR count). The van der Waals surface area contributed by atoms with Crippen LogP contribution in [0.1, 0.15) is 24.0 Å². The lowest BCUT2D eigenvalue weighted by molar-refractivity contribution is -0.122. The largest absolute Gasteiger partial charge is 0.379 e. The Morgan fingerprint density at radius 2 is 1.61 bits per heavy atom. The molecule has 126 valence electrons. The van der Waals surface area contributed by atoms with Crippen LogP contribution in [0.15, 0.2) is 24.3 Å². The lowest BCUT2D eigenvalue weighted by Crippen LogP contribution is -2.35. The number of hydrogen-bond donors (Lipinski definition) is 1. The fraction of sp³-hybridized carbons (Fsp3) is 0.611. The second-order valence-corrected chi connectivity index (χ2v) is 6.47. The molecule has 1 aromatic rings. The summed E-state index contributed by atoms with van der Waals surface area (Å²) in [5, 5.41) is 3.02. The first kappa shape index (κ1) is 16.4. The number of morpholine rings is 1. The van der Waals surface area contributed by atoms with Crippen molar-refractivity contribution < 1.29 is 9.53 Å². The lowest BCUT2D eigenvalue weighted by atomic mass is 10.1. The van der Waals surface area contributed by atoms with Gasteiger partial charge in [0, 0.05) is 26.2 Å². The number of amides is 1. The summed E-state index contributed by atoms with van der Waals surface area (Å²) in [6, 6.07) is 8.56. The van der Waals surface area contributed by atoms with Crippen molar-refractivity contribution in [3.8, 4) is 0 Å². The van der Waals surface area contributed by atoms with E-state index in [2.05, 4.69) is 39.4 Å². The average Bonchev–Trinajstić information content (AvgIpc) is 3.08. The minimum Gasteiger partial charge on any atom is -0.379 e. The minimum absolute atomic E-state index is 0.129. The van der Waals surface area contributed by atoms with E-state index in [0.717, 1.165) is 51.5 Å². The van der Waals surface area contributed by atoms with Gasteiger partial charge in [0.05, 0.1) is 19.8 Å². The van der Waals surface area contributed by atoms with E-state index in [0.29, 0.717) is 13.1 Å². The summed E-state index contributed by atoms with van der Waals surface area (Å²) in [5.74, 6) is 0.129. The van der Waals surface area contributed by atoms with Crippen molar-refractivity contribution in [1.29, 1.82) is 0 Å². The molecule has 2 aliphatic rings. The third-order valence-electron chi connectivity index (χ3n) is 4.59. The molecule has 1 N–H and O–H groups in total. The summed E-state index contributed by atoms with van der Waals surface area (Å²) in [6.07, 6.45) is 2.44. The van der Waals surface area contributed by atoms with Crippen LogP contribution in [-0.4, -0.2) is 61.6 Å². The molecule has 0 spiro atoms. The summed E-state index contributed by atoms with van der Waals surface area (Å²) in [5.41, 5.74) is 2.48. The Kier molecular flexibility index (Phi) is 6.02. The minimum atomic E-state index is 0.129. The zero-order valence-electron chi connectivity index (χ0n) is 13.8. The van der Waals surface area contributed by atoms with Gasteiger partial charge in [-0.2, -0.15) is 0 Å². The molecule has 0 atom stereocenters. The van der Waals surface area contributed by atoms with Crippen molar-refractivity contribution in [3.63, 3.8) is 0 Å². The maximum absolute atomic E-state index is 11.9. The second-order valence-electron chi connectivity index (χ2n) is 6.47. The van der Waals surface area contributed by atoms with Crippen LogP contribution in [0.4, 0.5) is 0 Å². The molecular weight excluding hydrogens is 290 g/mol. The summed E-state index contributed by atoms with van der Waals surface area (Å²) in [4.78, 5) is 16.6. The van der Waals surface area contributed by atoms with Crippen molar-refractivity contribution in [3.05, 3.63) is 35.4 Å². The third kappa shape index (κ3) is 5.30. The van der Waals surface area contributed by atoms with Gasteiger partial charge < -0.3 is 10.1 Å². The first-order valence-corrected chi connectivity index (χ1v) is 8.66. The maximum atomic E-state index is 11.9. The Hall–Kier alpha value is -1.43. The molecule has 0 aliphatic carbocycles. The Bertz CT molecular complexity index is 491. The van der Waals surface area contributed by atoms with E-state index in [1.807, 2.05) is 0 Å².